The molecule has 4 rings (SSSR count). The van der Waals surface area contributed by atoms with Crippen molar-refractivity contribution in [2.75, 3.05) is 11.9 Å². The zero-order chi connectivity index (χ0) is 18.3. The van der Waals surface area contributed by atoms with Crippen molar-refractivity contribution in [2.24, 2.45) is 5.73 Å². The molecule has 3 aromatic heterocycles. The molecule has 1 amide bonds. The van der Waals surface area contributed by atoms with Gasteiger partial charge in [-0.15, -0.1) is 11.3 Å². The maximum atomic E-state index is 13.1. The van der Waals surface area contributed by atoms with Gasteiger partial charge in [0.15, 0.2) is 0 Å². The lowest BCUT2D eigenvalue weighted by atomic mass is 10.2. The molecule has 0 radical (unpaired) electrons. The molecule has 0 unspecified atom stereocenters. The molecule has 3 heterocycles. The van der Waals surface area contributed by atoms with Crippen molar-refractivity contribution in [1.82, 2.24) is 14.5 Å². The monoisotopic (exact) mass is 369 g/mol. The first kappa shape index (κ1) is 16.2. The van der Waals surface area contributed by atoms with Gasteiger partial charge in [0.05, 0.1) is 23.1 Å². The minimum absolute atomic E-state index is 0.0386. The summed E-state index contributed by atoms with van der Waals surface area (Å²) >= 11 is 1.21. The number of nitrogens with zero attached hydrogens (tertiary/aromatic N) is 3. The van der Waals surface area contributed by atoms with Crippen LogP contribution in [0.4, 0.5) is 10.1 Å². The fraction of sp³-hybridized carbons (Fsp3) is 0.0588. The number of hydrogen-bond donors (Lipinski definition) is 2. The summed E-state index contributed by atoms with van der Waals surface area (Å²) < 4.78 is 14.9. The van der Waals surface area contributed by atoms with Gasteiger partial charge >= 0.3 is 0 Å². The molecule has 0 saturated carbocycles. The van der Waals surface area contributed by atoms with E-state index >= 15 is 0 Å². The number of aromatic nitrogens is 3. The van der Waals surface area contributed by atoms with Crippen molar-refractivity contribution in [3.8, 4) is 5.69 Å². The number of thiophene rings is 1. The Bertz CT molecular complexity index is 1200. The van der Waals surface area contributed by atoms with Gasteiger partial charge in [-0.05, 0) is 30.3 Å². The summed E-state index contributed by atoms with van der Waals surface area (Å²) in [4.78, 5) is 33.2. The van der Waals surface area contributed by atoms with Crippen LogP contribution >= 0.6 is 11.3 Å². The first-order chi connectivity index (χ1) is 12.5. The molecule has 0 saturated heterocycles. The summed E-state index contributed by atoms with van der Waals surface area (Å²) in [6.07, 6.45) is 2.98. The molecule has 26 heavy (non-hydrogen) atoms. The molecule has 4 aromatic rings. The van der Waals surface area contributed by atoms with E-state index in [-0.39, 0.29) is 17.9 Å². The number of pyridine rings is 1. The Kier molecular flexibility index (Phi) is 3.85. The molecule has 130 valence electrons. The molecule has 0 bridgehead atoms. The summed E-state index contributed by atoms with van der Waals surface area (Å²) in [5.41, 5.74) is 6.55. The number of anilines is 1. The van der Waals surface area contributed by atoms with Crippen LogP contribution in [0, 0.1) is 5.82 Å². The lowest BCUT2D eigenvalue weighted by Gasteiger charge is -2.06. The van der Waals surface area contributed by atoms with Gasteiger partial charge in [-0.1, -0.05) is 0 Å². The summed E-state index contributed by atoms with van der Waals surface area (Å²) in [5.74, 6) is -0.881. The Morgan fingerprint density at radius 2 is 2.00 bits per heavy atom. The predicted molar refractivity (Wildman–Crippen MR) is 98.2 cm³/mol. The van der Waals surface area contributed by atoms with Crippen LogP contribution in [-0.4, -0.2) is 27.0 Å². The normalized spacial score (nSPS) is 11.1. The molecule has 3 N–H and O–H groups in total. The number of amides is 1. The van der Waals surface area contributed by atoms with Crippen molar-refractivity contribution < 1.29 is 9.18 Å². The van der Waals surface area contributed by atoms with Gasteiger partial charge in [0.2, 0.25) is 5.91 Å². The number of nitrogens with one attached hydrogen (secondary N) is 1. The molecule has 0 spiro atoms. The van der Waals surface area contributed by atoms with E-state index in [2.05, 4.69) is 15.3 Å². The van der Waals surface area contributed by atoms with Crippen LogP contribution in [0.3, 0.4) is 0 Å². The number of carbonyl (C=O) groups is 1. The number of primary amides is 1. The van der Waals surface area contributed by atoms with Crippen LogP contribution < -0.4 is 16.6 Å². The van der Waals surface area contributed by atoms with Crippen LogP contribution in [0.25, 0.3) is 26.1 Å². The number of fused-ring (bicyclic) bond motifs is 3. The van der Waals surface area contributed by atoms with Crippen molar-refractivity contribution in [3.63, 3.8) is 0 Å². The van der Waals surface area contributed by atoms with Crippen LogP contribution in [0.5, 0.6) is 0 Å². The summed E-state index contributed by atoms with van der Waals surface area (Å²) in [7, 11) is 0. The van der Waals surface area contributed by atoms with Crippen LogP contribution in [0.1, 0.15) is 0 Å². The molecule has 0 aliphatic heterocycles. The smallest absolute Gasteiger partial charge is 0.275 e. The fourth-order valence-corrected chi connectivity index (χ4v) is 3.72. The molecule has 0 aliphatic carbocycles. The van der Waals surface area contributed by atoms with E-state index in [1.165, 1.54) is 46.5 Å². The first-order valence-electron chi connectivity index (χ1n) is 7.61. The number of carbonyl (C=O) groups excluding carboxylic acids is 1. The maximum absolute atomic E-state index is 13.1. The van der Waals surface area contributed by atoms with Gasteiger partial charge in [0, 0.05) is 11.9 Å². The third-order valence-electron chi connectivity index (χ3n) is 3.84. The third-order valence-corrected chi connectivity index (χ3v) is 4.92. The van der Waals surface area contributed by atoms with Gasteiger partial charge in [-0.3, -0.25) is 14.2 Å². The van der Waals surface area contributed by atoms with Crippen LogP contribution in [0.2, 0.25) is 0 Å². The van der Waals surface area contributed by atoms with Gasteiger partial charge in [0.1, 0.15) is 21.7 Å². The maximum Gasteiger partial charge on any atom is 0.275 e. The van der Waals surface area contributed by atoms with E-state index in [1.807, 2.05) is 0 Å². The molecular formula is C17H12FN5O2S. The van der Waals surface area contributed by atoms with Gasteiger partial charge in [-0.25, -0.2) is 14.4 Å². The van der Waals surface area contributed by atoms with Crippen molar-refractivity contribution >= 4 is 43.4 Å². The molecule has 0 aliphatic rings. The van der Waals surface area contributed by atoms with E-state index in [4.69, 9.17) is 5.73 Å². The van der Waals surface area contributed by atoms with E-state index in [0.29, 0.717) is 31.8 Å². The van der Waals surface area contributed by atoms with Crippen LogP contribution in [-0.2, 0) is 4.79 Å². The number of hydrogen-bond acceptors (Lipinski definition) is 6. The van der Waals surface area contributed by atoms with E-state index in [1.54, 1.807) is 12.3 Å². The minimum Gasteiger partial charge on any atom is -0.375 e. The summed E-state index contributed by atoms with van der Waals surface area (Å²) in [6.45, 7) is -0.0386. The average Bonchev–Trinajstić information content (AvgIpc) is 3.01. The quantitative estimate of drug-likeness (QED) is 0.573. The second-order valence-electron chi connectivity index (χ2n) is 5.53. The predicted octanol–water partition coefficient (Wildman–Crippen LogP) is 2.03. The second-order valence-corrected chi connectivity index (χ2v) is 6.53. The molecule has 9 heteroatoms. The highest BCUT2D eigenvalue weighted by atomic mass is 32.1. The van der Waals surface area contributed by atoms with Crippen LogP contribution in [0.15, 0.2) is 47.7 Å². The Morgan fingerprint density at radius 1 is 1.23 bits per heavy atom. The largest absolute Gasteiger partial charge is 0.375 e. The fourth-order valence-electron chi connectivity index (χ4n) is 2.67. The van der Waals surface area contributed by atoms with E-state index in [0.717, 1.165) is 0 Å². The van der Waals surface area contributed by atoms with Crippen molar-refractivity contribution in [3.05, 3.63) is 59.0 Å². The SMILES string of the molecule is NC(=O)CNc1ccnc2sc3c(=O)n(-c4ccc(F)cc4)cnc3c12. The topological polar surface area (TPSA) is 103 Å². The molecule has 7 nitrogen and oxygen atoms in total. The van der Waals surface area contributed by atoms with Gasteiger partial charge in [0.25, 0.3) is 5.56 Å². The lowest BCUT2D eigenvalue weighted by molar-refractivity contribution is -0.116. The minimum atomic E-state index is -0.499. The molecule has 0 fully saturated rings. The Labute approximate surface area is 149 Å². The first-order valence-corrected chi connectivity index (χ1v) is 8.43. The van der Waals surface area contributed by atoms with E-state index < -0.39 is 5.91 Å². The summed E-state index contributed by atoms with van der Waals surface area (Å²) in [6, 6.07) is 7.28. The Balaban J connectivity index is 1.92. The van der Waals surface area contributed by atoms with Crippen molar-refractivity contribution in [2.45, 2.75) is 0 Å². The Morgan fingerprint density at radius 3 is 2.73 bits per heavy atom. The third kappa shape index (κ3) is 2.68. The number of nitrogens with two attached hydrogens (primary N) is 1. The molecular weight excluding hydrogens is 357 g/mol. The van der Waals surface area contributed by atoms with Crippen molar-refractivity contribution in [1.29, 1.82) is 0 Å². The lowest BCUT2D eigenvalue weighted by Crippen LogP contribution is -2.21. The highest BCUT2D eigenvalue weighted by Gasteiger charge is 2.16. The Hall–Kier alpha value is -3.33. The summed E-state index contributed by atoms with van der Waals surface area (Å²) in [5, 5.41) is 3.60. The number of benzene rings is 1. The van der Waals surface area contributed by atoms with E-state index in [9.17, 15) is 14.0 Å². The molecule has 0 atom stereocenters. The standard InChI is InChI=1S/C17H12FN5O2S/c18-9-1-3-10(4-2-9)23-8-22-14-13-11(21-7-12(19)24)5-6-20-16(13)26-15(14)17(23)25/h1-6,8H,7H2,(H2,19,24)(H,20,21). The average molecular weight is 369 g/mol. The van der Waals surface area contributed by atoms with Gasteiger partial charge in [-0.2, -0.15) is 0 Å². The zero-order valence-corrected chi connectivity index (χ0v) is 14.1. The number of halogens is 1. The molecule has 1 aromatic carbocycles. The second kappa shape index (κ2) is 6.19. The zero-order valence-electron chi connectivity index (χ0n) is 13.3. The van der Waals surface area contributed by atoms with Gasteiger partial charge < -0.3 is 11.1 Å². The number of rotatable bonds is 4. The highest BCUT2D eigenvalue weighted by Crippen LogP contribution is 2.34. The highest BCUT2D eigenvalue weighted by molar-refractivity contribution is 7.25.